The zero-order chi connectivity index (χ0) is 10.8. The SMILES string of the molecule is Cc1cccc(C(=O)C2=CCCO2)c1I. The lowest BCUT2D eigenvalue weighted by molar-refractivity contribution is 0.0941. The Morgan fingerprint density at radius 3 is 2.93 bits per heavy atom. The van der Waals surface area contributed by atoms with Gasteiger partial charge >= 0.3 is 0 Å². The molecule has 15 heavy (non-hydrogen) atoms. The number of ketones is 1. The maximum atomic E-state index is 12.0. The van der Waals surface area contributed by atoms with Crippen LogP contribution in [-0.4, -0.2) is 12.4 Å². The number of aryl methyl sites for hydroxylation is 1. The summed E-state index contributed by atoms with van der Waals surface area (Å²) < 4.78 is 6.28. The molecular formula is C12H11IO2. The number of carbonyl (C=O) groups excluding carboxylic acids is 1. The van der Waals surface area contributed by atoms with Crippen molar-refractivity contribution in [3.8, 4) is 0 Å². The first kappa shape index (κ1) is 10.7. The van der Waals surface area contributed by atoms with E-state index < -0.39 is 0 Å². The van der Waals surface area contributed by atoms with Gasteiger partial charge in [0.15, 0.2) is 5.76 Å². The van der Waals surface area contributed by atoms with Crippen LogP contribution in [0.2, 0.25) is 0 Å². The Balaban J connectivity index is 2.37. The van der Waals surface area contributed by atoms with Crippen molar-refractivity contribution in [3.05, 3.63) is 44.7 Å². The Bertz CT molecular complexity index is 435. The Hall–Kier alpha value is -0.840. The second kappa shape index (κ2) is 4.35. The number of halogens is 1. The van der Waals surface area contributed by atoms with Crippen molar-refractivity contribution in [3.63, 3.8) is 0 Å². The largest absolute Gasteiger partial charge is 0.489 e. The first-order chi connectivity index (χ1) is 7.20. The van der Waals surface area contributed by atoms with Crippen LogP contribution in [0.1, 0.15) is 22.3 Å². The molecule has 0 aromatic heterocycles. The summed E-state index contributed by atoms with van der Waals surface area (Å²) in [5, 5.41) is 0. The normalized spacial score (nSPS) is 14.7. The van der Waals surface area contributed by atoms with Crippen molar-refractivity contribution in [2.45, 2.75) is 13.3 Å². The van der Waals surface area contributed by atoms with Crippen LogP contribution in [0, 0.1) is 10.5 Å². The topological polar surface area (TPSA) is 26.3 Å². The van der Waals surface area contributed by atoms with Gasteiger partial charge in [-0.2, -0.15) is 0 Å². The van der Waals surface area contributed by atoms with Crippen LogP contribution in [0.15, 0.2) is 30.0 Å². The van der Waals surface area contributed by atoms with Crippen molar-refractivity contribution < 1.29 is 9.53 Å². The monoisotopic (exact) mass is 314 g/mol. The van der Waals surface area contributed by atoms with Gasteiger partial charge in [0.05, 0.1) is 6.61 Å². The van der Waals surface area contributed by atoms with Gasteiger partial charge < -0.3 is 4.74 Å². The van der Waals surface area contributed by atoms with Crippen LogP contribution < -0.4 is 0 Å². The summed E-state index contributed by atoms with van der Waals surface area (Å²) in [6.07, 6.45) is 2.70. The zero-order valence-corrected chi connectivity index (χ0v) is 10.6. The highest BCUT2D eigenvalue weighted by atomic mass is 127. The molecule has 1 aliphatic rings. The molecular weight excluding hydrogens is 303 g/mol. The summed E-state index contributed by atoms with van der Waals surface area (Å²) in [6.45, 7) is 2.63. The maximum Gasteiger partial charge on any atom is 0.228 e. The predicted molar refractivity (Wildman–Crippen MR) is 66.9 cm³/mol. The minimum absolute atomic E-state index is 0.000556. The van der Waals surface area contributed by atoms with E-state index in [-0.39, 0.29) is 5.78 Å². The molecule has 78 valence electrons. The molecule has 0 unspecified atom stereocenters. The summed E-state index contributed by atoms with van der Waals surface area (Å²) in [7, 11) is 0. The number of Topliss-reactive ketones (excluding diaryl/α,β-unsaturated/α-hetero) is 1. The van der Waals surface area contributed by atoms with Crippen LogP contribution in [0.25, 0.3) is 0 Å². The molecule has 1 aromatic rings. The van der Waals surface area contributed by atoms with Crippen molar-refractivity contribution in [1.29, 1.82) is 0 Å². The smallest absolute Gasteiger partial charge is 0.228 e. The van der Waals surface area contributed by atoms with E-state index in [0.717, 1.165) is 21.1 Å². The number of hydrogen-bond donors (Lipinski definition) is 0. The predicted octanol–water partition coefficient (Wildman–Crippen LogP) is 3.09. The lowest BCUT2D eigenvalue weighted by atomic mass is 10.1. The summed E-state index contributed by atoms with van der Waals surface area (Å²) in [6, 6.07) is 5.75. The van der Waals surface area contributed by atoms with Crippen LogP contribution in [0.5, 0.6) is 0 Å². The summed E-state index contributed by atoms with van der Waals surface area (Å²) in [4.78, 5) is 12.0. The second-order valence-corrected chi connectivity index (χ2v) is 4.55. The highest BCUT2D eigenvalue weighted by Gasteiger charge is 2.19. The third-order valence-electron chi connectivity index (χ3n) is 2.37. The van der Waals surface area contributed by atoms with E-state index in [1.165, 1.54) is 0 Å². The Kier molecular flexibility index (Phi) is 3.09. The Morgan fingerprint density at radius 1 is 1.47 bits per heavy atom. The average Bonchev–Trinajstić information content (AvgIpc) is 2.74. The van der Waals surface area contributed by atoms with Crippen molar-refractivity contribution in [1.82, 2.24) is 0 Å². The molecule has 0 bridgehead atoms. The summed E-state index contributed by atoms with van der Waals surface area (Å²) >= 11 is 2.20. The number of hydrogen-bond acceptors (Lipinski definition) is 2. The zero-order valence-electron chi connectivity index (χ0n) is 8.42. The molecule has 1 heterocycles. The third-order valence-corrected chi connectivity index (χ3v) is 3.80. The molecule has 0 aliphatic carbocycles. The molecule has 1 aromatic carbocycles. The van der Waals surface area contributed by atoms with Crippen LogP contribution in [-0.2, 0) is 4.74 Å². The van der Waals surface area contributed by atoms with E-state index in [1.807, 2.05) is 31.2 Å². The number of carbonyl (C=O) groups is 1. The maximum absolute atomic E-state index is 12.0. The summed E-state index contributed by atoms with van der Waals surface area (Å²) in [5.74, 6) is 0.499. The number of ether oxygens (including phenoxy) is 1. The van der Waals surface area contributed by atoms with Gasteiger partial charge in [-0.05, 0) is 47.2 Å². The van der Waals surface area contributed by atoms with E-state index in [0.29, 0.717) is 12.4 Å². The highest BCUT2D eigenvalue weighted by Crippen LogP contribution is 2.22. The average molecular weight is 314 g/mol. The van der Waals surface area contributed by atoms with Gasteiger partial charge in [0, 0.05) is 15.6 Å². The minimum atomic E-state index is 0.000556. The first-order valence-electron chi connectivity index (χ1n) is 4.83. The lowest BCUT2D eigenvalue weighted by Crippen LogP contribution is -2.06. The quantitative estimate of drug-likeness (QED) is 0.619. The molecule has 1 aliphatic heterocycles. The number of benzene rings is 1. The molecule has 3 heteroatoms. The molecule has 0 amide bonds. The fourth-order valence-electron chi connectivity index (χ4n) is 1.53. The van der Waals surface area contributed by atoms with Crippen molar-refractivity contribution in [2.24, 2.45) is 0 Å². The first-order valence-corrected chi connectivity index (χ1v) is 5.91. The van der Waals surface area contributed by atoms with Gasteiger partial charge in [-0.25, -0.2) is 0 Å². The minimum Gasteiger partial charge on any atom is -0.489 e. The highest BCUT2D eigenvalue weighted by molar-refractivity contribution is 14.1. The molecule has 0 radical (unpaired) electrons. The van der Waals surface area contributed by atoms with Crippen LogP contribution in [0.3, 0.4) is 0 Å². The van der Waals surface area contributed by atoms with Gasteiger partial charge in [0.25, 0.3) is 0 Å². The molecule has 0 saturated carbocycles. The van der Waals surface area contributed by atoms with E-state index >= 15 is 0 Å². The standard InChI is InChI=1S/C12H11IO2/c1-8-4-2-5-9(11(8)13)12(14)10-6-3-7-15-10/h2,4-6H,3,7H2,1H3. The second-order valence-electron chi connectivity index (χ2n) is 3.47. The van der Waals surface area contributed by atoms with Crippen LogP contribution >= 0.6 is 22.6 Å². The number of allylic oxidation sites excluding steroid dienone is 1. The van der Waals surface area contributed by atoms with Gasteiger partial charge in [-0.1, -0.05) is 12.1 Å². The van der Waals surface area contributed by atoms with E-state index in [2.05, 4.69) is 22.6 Å². The third kappa shape index (κ3) is 2.07. The van der Waals surface area contributed by atoms with Crippen molar-refractivity contribution >= 4 is 28.4 Å². The molecule has 0 spiro atoms. The fraction of sp³-hybridized carbons (Fsp3) is 0.250. The van der Waals surface area contributed by atoms with Crippen LogP contribution in [0.4, 0.5) is 0 Å². The van der Waals surface area contributed by atoms with Gasteiger partial charge in [-0.3, -0.25) is 4.79 Å². The molecule has 2 rings (SSSR count). The molecule has 0 fully saturated rings. The van der Waals surface area contributed by atoms with E-state index in [1.54, 1.807) is 0 Å². The number of rotatable bonds is 2. The van der Waals surface area contributed by atoms with Gasteiger partial charge in [-0.15, -0.1) is 0 Å². The Morgan fingerprint density at radius 2 is 2.27 bits per heavy atom. The van der Waals surface area contributed by atoms with E-state index in [9.17, 15) is 4.79 Å². The van der Waals surface area contributed by atoms with Gasteiger partial charge in [0.2, 0.25) is 5.78 Å². The summed E-state index contributed by atoms with van der Waals surface area (Å²) in [5.41, 5.74) is 1.86. The molecule has 2 nitrogen and oxygen atoms in total. The molecule has 0 atom stereocenters. The van der Waals surface area contributed by atoms with Crippen molar-refractivity contribution in [2.75, 3.05) is 6.61 Å². The lowest BCUT2D eigenvalue weighted by Gasteiger charge is -2.06. The molecule has 0 saturated heterocycles. The van der Waals surface area contributed by atoms with E-state index in [4.69, 9.17) is 4.74 Å². The van der Waals surface area contributed by atoms with Gasteiger partial charge in [0.1, 0.15) is 0 Å². The molecule has 0 N–H and O–H groups in total. The fourth-order valence-corrected chi connectivity index (χ4v) is 2.14. The Labute approximate surface area is 102 Å².